The number of rotatable bonds is 3. The Morgan fingerprint density at radius 2 is 1.32 bits per heavy atom. The minimum absolute atomic E-state index is 0.134. The molecule has 0 unspecified atom stereocenters. The fraction of sp³-hybridized carbons (Fsp3) is 0.368. The first-order chi connectivity index (χ1) is 10.7. The minimum atomic E-state index is 0.134. The maximum atomic E-state index is 6.50. The van der Waals surface area contributed by atoms with Gasteiger partial charge in [0.25, 0.3) is 0 Å². The van der Waals surface area contributed by atoms with Crippen LogP contribution in [-0.4, -0.2) is 18.0 Å². The Bertz CT molecular complexity index is 587. The van der Waals surface area contributed by atoms with Gasteiger partial charge in [-0.2, -0.15) is 0 Å². The van der Waals surface area contributed by atoms with Crippen molar-refractivity contribution in [2.24, 2.45) is 5.92 Å². The summed E-state index contributed by atoms with van der Waals surface area (Å²) in [5, 5.41) is 1.62. The number of piperidine rings is 1. The van der Waals surface area contributed by atoms with Gasteiger partial charge in [-0.1, -0.05) is 66.5 Å². The van der Waals surface area contributed by atoms with Gasteiger partial charge >= 0.3 is 0 Å². The van der Waals surface area contributed by atoms with Gasteiger partial charge in [-0.25, -0.2) is 0 Å². The molecule has 1 saturated heterocycles. The van der Waals surface area contributed by atoms with E-state index in [9.17, 15) is 0 Å². The summed E-state index contributed by atoms with van der Waals surface area (Å²) >= 11 is 13.0. The van der Waals surface area contributed by atoms with Crippen LogP contribution in [0.15, 0.2) is 48.5 Å². The van der Waals surface area contributed by atoms with Crippen LogP contribution in [0.2, 0.25) is 10.0 Å². The fourth-order valence-electron chi connectivity index (χ4n) is 3.24. The van der Waals surface area contributed by atoms with E-state index in [0.717, 1.165) is 40.2 Å². The van der Waals surface area contributed by atoms with Gasteiger partial charge in [0.15, 0.2) is 0 Å². The van der Waals surface area contributed by atoms with Gasteiger partial charge in [0, 0.05) is 10.0 Å². The van der Waals surface area contributed by atoms with Crippen LogP contribution in [0, 0.1) is 5.92 Å². The van der Waals surface area contributed by atoms with E-state index in [0.29, 0.717) is 0 Å². The van der Waals surface area contributed by atoms with E-state index in [1.807, 2.05) is 24.3 Å². The molecular weight excluding hydrogens is 313 g/mol. The lowest BCUT2D eigenvalue weighted by Crippen LogP contribution is -2.37. The molecule has 0 saturated carbocycles. The maximum Gasteiger partial charge on any atom is 0.0631 e. The van der Waals surface area contributed by atoms with Crippen molar-refractivity contribution in [2.75, 3.05) is 13.1 Å². The van der Waals surface area contributed by atoms with Crippen LogP contribution in [0.1, 0.15) is 36.9 Å². The molecule has 0 amide bonds. The second kappa shape index (κ2) is 7.04. The number of likely N-dealkylation sites (tertiary alicyclic amines) is 1. The summed E-state index contributed by atoms with van der Waals surface area (Å²) in [6, 6.07) is 16.4. The Balaban J connectivity index is 2.03. The van der Waals surface area contributed by atoms with Crippen molar-refractivity contribution in [3.05, 3.63) is 69.7 Å². The topological polar surface area (TPSA) is 3.24 Å². The van der Waals surface area contributed by atoms with E-state index >= 15 is 0 Å². The van der Waals surface area contributed by atoms with Gasteiger partial charge in [0.2, 0.25) is 0 Å². The quantitative estimate of drug-likeness (QED) is 0.684. The van der Waals surface area contributed by atoms with E-state index in [1.54, 1.807) is 0 Å². The molecule has 0 aliphatic carbocycles. The molecule has 3 rings (SSSR count). The molecule has 0 radical (unpaired) electrons. The summed E-state index contributed by atoms with van der Waals surface area (Å²) in [4.78, 5) is 2.52. The summed E-state index contributed by atoms with van der Waals surface area (Å²) in [5.74, 6) is 0.800. The van der Waals surface area contributed by atoms with Crippen LogP contribution >= 0.6 is 23.2 Å². The van der Waals surface area contributed by atoms with Gasteiger partial charge < -0.3 is 0 Å². The fourth-order valence-corrected chi connectivity index (χ4v) is 3.72. The highest BCUT2D eigenvalue weighted by Gasteiger charge is 2.28. The van der Waals surface area contributed by atoms with E-state index in [4.69, 9.17) is 23.2 Å². The lowest BCUT2D eigenvalue weighted by Gasteiger charge is -2.38. The number of hydrogen-bond acceptors (Lipinski definition) is 1. The highest BCUT2D eigenvalue weighted by molar-refractivity contribution is 6.32. The predicted molar refractivity (Wildman–Crippen MR) is 94.7 cm³/mol. The van der Waals surface area contributed by atoms with Crippen molar-refractivity contribution in [1.29, 1.82) is 0 Å². The van der Waals surface area contributed by atoms with Crippen molar-refractivity contribution >= 4 is 23.2 Å². The molecule has 1 fully saturated rings. The van der Waals surface area contributed by atoms with Crippen molar-refractivity contribution in [1.82, 2.24) is 4.90 Å². The van der Waals surface area contributed by atoms with Crippen LogP contribution in [0.5, 0.6) is 0 Å². The molecule has 0 aromatic heterocycles. The van der Waals surface area contributed by atoms with Crippen LogP contribution < -0.4 is 0 Å². The Labute approximate surface area is 142 Å². The first kappa shape index (κ1) is 15.9. The van der Waals surface area contributed by atoms with Gasteiger partial charge in [-0.3, -0.25) is 4.90 Å². The molecule has 1 aliphatic heterocycles. The standard InChI is InChI=1S/C19H21Cl2N/c1-14-10-12-22(13-11-14)19(15-6-2-4-8-17(15)20)16-7-3-5-9-18(16)21/h2-9,14,19H,10-13H2,1H3. The molecule has 1 heterocycles. The normalized spacial score (nSPS) is 17.1. The predicted octanol–water partition coefficient (Wildman–Crippen LogP) is 5.81. The van der Waals surface area contributed by atoms with E-state index in [1.165, 1.54) is 12.8 Å². The van der Waals surface area contributed by atoms with Gasteiger partial charge in [0.1, 0.15) is 0 Å². The lowest BCUT2D eigenvalue weighted by molar-refractivity contribution is 0.158. The van der Waals surface area contributed by atoms with Crippen LogP contribution in [0.4, 0.5) is 0 Å². The van der Waals surface area contributed by atoms with Gasteiger partial charge in [-0.05, 0) is 55.1 Å². The summed E-state index contributed by atoms with van der Waals surface area (Å²) in [5.41, 5.74) is 2.29. The molecular formula is C19H21Cl2N. The molecule has 2 aromatic rings. The zero-order chi connectivity index (χ0) is 15.5. The van der Waals surface area contributed by atoms with E-state index in [-0.39, 0.29) is 6.04 Å². The number of benzene rings is 2. The number of hydrogen-bond donors (Lipinski definition) is 0. The van der Waals surface area contributed by atoms with Gasteiger partial charge in [-0.15, -0.1) is 0 Å². The molecule has 116 valence electrons. The van der Waals surface area contributed by atoms with Crippen molar-refractivity contribution in [2.45, 2.75) is 25.8 Å². The average Bonchev–Trinajstić information content (AvgIpc) is 2.53. The summed E-state index contributed by atoms with van der Waals surface area (Å²) in [6.45, 7) is 4.50. The highest BCUT2D eigenvalue weighted by Crippen LogP contribution is 2.38. The lowest BCUT2D eigenvalue weighted by atomic mass is 9.92. The third-order valence-corrected chi connectivity index (χ3v) is 5.27. The molecule has 1 nitrogen and oxygen atoms in total. The van der Waals surface area contributed by atoms with Crippen LogP contribution in [-0.2, 0) is 0 Å². The Morgan fingerprint density at radius 1 is 0.864 bits per heavy atom. The molecule has 2 aromatic carbocycles. The molecule has 1 aliphatic rings. The zero-order valence-corrected chi connectivity index (χ0v) is 14.3. The van der Waals surface area contributed by atoms with Crippen LogP contribution in [0.3, 0.4) is 0 Å². The molecule has 22 heavy (non-hydrogen) atoms. The van der Waals surface area contributed by atoms with Crippen molar-refractivity contribution in [3.8, 4) is 0 Å². The van der Waals surface area contributed by atoms with Crippen molar-refractivity contribution < 1.29 is 0 Å². The molecule has 3 heteroatoms. The summed E-state index contributed by atoms with van der Waals surface area (Å²) in [6.07, 6.45) is 2.46. The Morgan fingerprint density at radius 3 is 1.77 bits per heavy atom. The van der Waals surface area contributed by atoms with E-state index in [2.05, 4.69) is 36.1 Å². The smallest absolute Gasteiger partial charge is 0.0631 e. The average molecular weight is 334 g/mol. The molecule has 0 atom stereocenters. The largest absolute Gasteiger partial charge is 0.292 e. The van der Waals surface area contributed by atoms with E-state index < -0.39 is 0 Å². The number of halogens is 2. The summed E-state index contributed by atoms with van der Waals surface area (Å²) in [7, 11) is 0. The Kier molecular flexibility index (Phi) is 5.07. The first-order valence-corrected chi connectivity index (χ1v) is 8.65. The zero-order valence-electron chi connectivity index (χ0n) is 12.8. The second-order valence-electron chi connectivity index (χ2n) is 6.16. The number of nitrogens with zero attached hydrogens (tertiary/aromatic N) is 1. The van der Waals surface area contributed by atoms with Crippen LogP contribution in [0.25, 0.3) is 0 Å². The second-order valence-corrected chi connectivity index (χ2v) is 6.98. The van der Waals surface area contributed by atoms with Gasteiger partial charge in [0.05, 0.1) is 6.04 Å². The molecule has 0 N–H and O–H groups in total. The maximum absolute atomic E-state index is 6.50. The summed E-state index contributed by atoms with van der Waals surface area (Å²) < 4.78 is 0. The highest BCUT2D eigenvalue weighted by atomic mass is 35.5. The SMILES string of the molecule is CC1CCN(C(c2ccccc2Cl)c2ccccc2Cl)CC1. The molecule has 0 spiro atoms. The minimum Gasteiger partial charge on any atom is -0.292 e. The van der Waals surface area contributed by atoms with Crippen molar-refractivity contribution in [3.63, 3.8) is 0 Å². The third kappa shape index (κ3) is 3.32. The third-order valence-electron chi connectivity index (χ3n) is 4.58. The first-order valence-electron chi connectivity index (χ1n) is 7.89. The monoisotopic (exact) mass is 333 g/mol. The molecule has 0 bridgehead atoms. The Hall–Kier alpha value is -1.02.